The zero-order valence-corrected chi connectivity index (χ0v) is 45.6. The van der Waals surface area contributed by atoms with E-state index in [1.165, 1.54) is 33.4 Å². The summed E-state index contributed by atoms with van der Waals surface area (Å²) in [6, 6.07) is 21.6. The summed E-state index contributed by atoms with van der Waals surface area (Å²) in [5.74, 6) is -0.137. The van der Waals surface area contributed by atoms with Crippen molar-refractivity contribution in [3.63, 3.8) is 0 Å². The number of aromatic nitrogens is 6. The van der Waals surface area contributed by atoms with Crippen LogP contribution in [0.5, 0.6) is 0 Å². The zero-order valence-electron chi connectivity index (χ0n) is 45.6. The van der Waals surface area contributed by atoms with Gasteiger partial charge in [-0.15, -0.1) is 10.2 Å². The van der Waals surface area contributed by atoms with Crippen LogP contribution < -0.4 is 4.90 Å². The first-order chi connectivity index (χ1) is 33.9. The van der Waals surface area contributed by atoms with Crippen LogP contribution in [0.15, 0.2) is 114 Å². The van der Waals surface area contributed by atoms with E-state index >= 15 is 0 Å². The van der Waals surface area contributed by atoms with Crippen LogP contribution in [0.1, 0.15) is 147 Å². The van der Waals surface area contributed by atoms with Crippen molar-refractivity contribution >= 4 is 22.8 Å². The number of rotatable bonds is 18. The van der Waals surface area contributed by atoms with Gasteiger partial charge in [-0.1, -0.05) is 142 Å². The number of anilines is 1. The Morgan fingerprint density at radius 1 is 0.611 bits per heavy atom. The maximum atomic E-state index is 13.6. The van der Waals surface area contributed by atoms with Crippen LogP contribution in [0, 0.1) is 0 Å². The van der Waals surface area contributed by atoms with Gasteiger partial charge in [-0.25, -0.2) is 13.9 Å². The molecule has 0 unspecified atom stereocenters. The maximum absolute atomic E-state index is 13.6. The minimum atomic E-state index is -0.162. The molecular formula is C60H79N8O4+. The molecule has 7 rings (SSSR count). The summed E-state index contributed by atoms with van der Waals surface area (Å²) >= 11 is 0. The second kappa shape index (κ2) is 21.9. The molecule has 1 N–H and O–H groups in total. The fraction of sp³-hybridized carbons (Fsp3) is 0.467. The number of likely N-dealkylation sites (N-methyl/N-ethyl adjacent to an activating group) is 2. The Bertz CT molecular complexity index is 2820. The lowest BCUT2D eigenvalue weighted by Crippen LogP contribution is -2.27. The first-order valence-electron chi connectivity index (χ1n) is 25.7. The highest BCUT2D eigenvalue weighted by Gasteiger charge is 2.37. The minimum absolute atomic E-state index is 0.0250. The van der Waals surface area contributed by atoms with Gasteiger partial charge >= 0.3 is 0 Å². The maximum Gasteiger partial charge on any atom is 0.201 e. The van der Waals surface area contributed by atoms with Crippen molar-refractivity contribution in [3.05, 3.63) is 165 Å². The predicted octanol–water partition coefficient (Wildman–Crippen LogP) is 11.2. The average molecular weight is 976 g/mol. The summed E-state index contributed by atoms with van der Waals surface area (Å²) in [5.41, 5.74) is 13.5. The molecule has 72 heavy (non-hydrogen) atoms. The Labute approximate surface area is 428 Å². The van der Waals surface area contributed by atoms with E-state index in [0.29, 0.717) is 74.9 Å². The molecule has 2 heterocycles. The van der Waals surface area contributed by atoms with E-state index in [2.05, 4.69) is 163 Å². The summed E-state index contributed by atoms with van der Waals surface area (Å²) in [5, 5.41) is 28.8. The quantitative estimate of drug-likeness (QED) is 0.0519. The minimum Gasteiger partial charge on any atom is -0.506 e. The van der Waals surface area contributed by atoms with Crippen molar-refractivity contribution in [2.45, 2.75) is 145 Å². The summed E-state index contributed by atoms with van der Waals surface area (Å²) in [7, 11) is 0. The van der Waals surface area contributed by atoms with Crippen LogP contribution in [0.25, 0.3) is 5.57 Å². The van der Waals surface area contributed by atoms with Gasteiger partial charge in [0.25, 0.3) is 0 Å². The molecule has 2 aliphatic carbocycles. The largest absolute Gasteiger partial charge is 0.506 e. The van der Waals surface area contributed by atoms with Gasteiger partial charge in [0.15, 0.2) is 12.3 Å². The monoisotopic (exact) mass is 976 g/mol. The van der Waals surface area contributed by atoms with Gasteiger partial charge in [0.05, 0.1) is 56.5 Å². The Morgan fingerprint density at radius 2 is 1.07 bits per heavy atom. The second-order valence-corrected chi connectivity index (χ2v) is 23.4. The SMILES string of the molecule is CCN(CCOCc1cn(Cc2cc(C(C)(C)C)cc(C(C)(C)C)c2)nn1)c1ccc(C2=C(O)C(=C3C=CC(=[N+](CC)CCOCc4cn(Cc5cc(C(C)(C)C)cc(C(C)(C)C)c5)nn4)C=C3)C2=O)cc1. The number of aliphatic hydroxyl groups excluding tert-OH is 1. The van der Waals surface area contributed by atoms with Crippen molar-refractivity contribution < 1.29 is 24.0 Å². The Hall–Kier alpha value is -6.24. The molecule has 0 saturated heterocycles. The fourth-order valence-electron chi connectivity index (χ4n) is 8.90. The van der Waals surface area contributed by atoms with E-state index < -0.39 is 0 Å². The molecule has 0 aliphatic heterocycles. The highest BCUT2D eigenvalue weighted by molar-refractivity contribution is 6.39. The first-order valence-corrected chi connectivity index (χ1v) is 25.7. The summed E-state index contributed by atoms with van der Waals surface area (Å²) < 4.78 is 18.1. The molecule has 0 bridgehead atoms. The number of ketones is 1. The highest BCUT2D eigenvalue weighted by atomic mass is 16.5. The molecule has 0 saturated carbocycles. The third-order valence-corrected chi connectivity index (χ3v) is 13.6. The molecule has 12 heteroatoms. The third kappa shape index (κ3) is 13.2. The molecule has 0 amide bonds. The number of ether oxygens (including phenoxy) is 2. The molecule has 12 nitrogen and oxygen atoms in total. The van der Waals surface area contributed by atoms with Gasteiger partial charge in [0.2, 0.25) is 5.78 Å². The fourth-order valence-corrected chi connectivity index (χ4v) is 8.90. The third-order valence-electron chi connectivity index (χ3n) is 13.6. The van der Waals surface area contributed by atoms with Crippen LogP contribution in [0.2, 0.25) is 0 Å². The van der Waals surface area contributed by atoms with Crippen molar-refractivity contribution in [2.24, 2.45) is 0 Å². The summed E-state index contributed by atoms with van der Waals surface area (Å²) in [4.78, 5) is 15.8. The van der Waals surface area contributed by atoms with Gasteiger partial charge in [-0.2, -0.15) is 0 Å². The van der Waals surface area contributed by atoms with Gasteiger partial charge in [-0.05, 0) is 104 Å². The van der Waals surface area contributed by atoms with Gasteiger partial charge < -0.3 is 19.5 Å². The molecule has 2 aromatic heterocycles. The number of benzene rings is 3. The van der Waals surface area contributed by atoms with Crippen molar-refractivity contribution in [3.8, 4) is 0 Å². The number of hydrogen-bond acceptors (Lipinski definition) is 9. The Morgan fingerprint density at radius 3 is 1.49 bits per heavy atom. The Balaban J connectivity index is 0.882. The summed E-state index contributed by atoms with van der Waals surface area (Å²) in [6.07, 6.45) is 11.7. The Kier molecular flexibility index (Phi) is 16.3. The number of hydrogen-bond donors (Lipinski definition) is 1. The number of allylic oxidation sites excluding steroid dienone is 7. The zero-order chi connectivity index (χ0) is 52.2. The summed E-state index contributed by atoms with van der Waals surface area (Å²) in [6.45, 7) is 37.2. The van der Waals surface area contributed by atoms with Gasteiger partial charge in [-0.3, -0.25) is 4.79 Å². The molecule has 382 valence electrons. The lowest BCUT2D eigenvalue weighted by Gasteiger charge is -2.26. The van der Waals surface area contributed by atoms with Crippen molar-refractivity contribution in [1.82, 2.24) is 30.0 Å². The molecular weight excluding hydrogens is 897 g/mol. The van der Waals surface area contributed by atoms with Crippen molar-refractivity contribution in [1.29, 1.82) is 0 Å². The van der Waals surface area contributed by atoms with Crippen LogP contribution in [0.3, 0.4) is 0 Å². The molecule has 0 spiro atoms. The lowest BCUT2D eigenvalue weighted by molar-refractivity contribution is -0.526. The van der Waals surface area contributed by atoms with E-state index in [9.17, 15) is 9.90 Å². The van der Waals surface area contributed by atoms with Gasteiger partial charge in [0, 0.05) is 30.9 Å². The number of Topliss-reactive ketones (excluding diaryl/α,β-unsaturated/α-hetero) is 1. The highest BCUT2D eigenvalue weighted by Crippen LogP contribution is 2.39. The lowest BCUT2D eigenvalue weighted by atomic mass is 9.79. The molecule has 2 aliphatic rings. The van der Waals surface area contributed by atoms with E-state index in [1.807, 2.05) is 70.3 Å². The van der Waals surface area contributed by atoms with Crippen LogP contribution in [0.4, 0.5) is 5.69 Å². The van der Waals surface area contributed by atoms with Crippen LogP contribution in [-0.2, 0) is 62.2 Å². The predicted molar refractivity (Wildman–Crippen MR) is 290 cm³/mol. The molecule has 0 fully saturated rings. The number of carbonyl (C=O) groups excluding carboxylic acids is 1. The molecule has 0 radical (unpaired) electrons. The van der Waals surface area contributed by atoms with Crippen LogP contribution >= 0.6 is 0 Å². The number of carbonyl (C=O) groups is 1. The van der Waals surface area contributed by atoms with Crippen molar-refractivity contribution in [2.75, 3.05) is 44.3 Å². The van der Waals surface area contributed by atoms with E-state index in [1.54, 1.807) is 0 Å². The molecule has 3 aromatic carbocycles. The topological polar surface area (TPSA) is 123 Å². The first kappa shape index (κ1) is 53.6. The second-order valence-electron chi connectivity index (χ2n) is 23.4. The normalized spacial score (nSPS) is 14.5. The molecule has 5 aromatic rings. The smallest absolute Gasteiger partial charge is 0.201 e. The van der Waals surface area contributed by atoms with E-state index in [-0.39, 0.29) is 33.2 Å². The average Bonchev–Trinajstić information content (AvgIpc) is 3.97. The number of nitrogens with zero attached hydrogens (tertiary/aromatic N) is 8. The van der Waals surface area contributed by atoms with Crippen LogP contribution in [-0.4, -0.2) is 90.6 Å². The van der Waals surface area contributed by atoms with E-state index in [0.717, 1.165) is 35.9 Å². The standard InChI is InChI=1S/C60H78N8O4/c1-15-65(25-27-71-39-49-37-67(63-61-49)35-41-29-45(57(3,4)5)33-46(30-41)58(6,7)8)51-21-17-43(18-22-51)53-55(69)54(56(53)70)44-19-23-52(24-20-44)66(16-2)26-28-72-40-50-38-68(64-62-50)36-42-31-47(59(9,10)11)34-48(32-42)60(12,13)14/h17-24,29-34,37-38H,15-16,25-28,35-36,39-40H2,1-14H3/p+1. The molecule has 0 atom stereocenters. The van der Waals surface area contributed by atoms with Gasteiger partial charge in [0.1, 0.15) is 30.3 Å². The number of aliphatic hydroxyl groups is 1. The van der Waals surface area contributed by atoms with E-state index in [4.69, 9.17) is 9.47 Å².